The van der Waals surface area contributed by atoms with Crippen LogP contribution in [-0.4, -0.2) is 4.21 Å². The van der Waals surface area contributed by atoms with Gasteiger partial charge in [0.05, 0.1) is 28.2 Å². The van der Waals surface area contributed by atoms with Gasteiger partial charge in [0.15, 0.2) is 0 Å². The summed E-state index contributed by atoms with van der Waals surface area (Å²) in [6.45, 7) is 0. The van der Waals surface area contributed by atoms with Gasteiger partial charge in [-0.1, -0.05) is 17.7 Å². The minimum Gasteiger partial charge on any atom is -0.399 e. The smallest absolute Gasteiger partial charge is 0.0992 e. The van der Waals surface area contributed by atoms with E-state index in [1.54, 1.807) is 42.5 Å². The van der Waals surface area contributed by atoms with E-state index in [4.69, 9.17) is 22.6 Å². The molecule has 2 aromatic carbocycles. The molecule has 5 heteroatoms. The fraction of sp³-hybridized carbons (Fsp3) is 0.0714. The quantitative estimate of drug-likeness (QED) is 0.883. The summed E-state index contributed by atoms with van der Waals surface area (Å²) < 4.78 is 12.2. The molecule has 0 amide bonds. The summed E-state index contributed by atoms with van der Waals surface area (Å²) in [5, 5.41) is 9.22. The van der Waals surface area contributed by atoms with E-state index in [0.717, 1.165) is 5.56 Å². The Kier molecular flexibility index (Phi) is 4.20. The molecular weight excluding hydrogens is 280 g/mol. The number of nitrogens with zero attached hydrogens (tertiary/aromatic N) is 1. The number of nitrogens with two attached hydrogens (primary N) is 1. The monoisotopic (exact) mass is 290 g/mol. The fourth-order valence-corrected chi connectivity index (χ4v) is 3.05. The van der Waals surface area contributed by atoms with Crippen molar-refractivity contribution in [3.8, 4) is 6.07 Å². The first-order valence-electron chi connectivity index (χ1n) is 5.52. The lowest BCUT2D eigenvalue weighted by molar-refractivity contribution is 0.682. The Hall–Kier alpha value is -1.83. The van der Waals surface area contributed by atoms with Crippen LogP contribution in [0.5, 0.6) is 0 Å². The second-order valence-corrected chi connectivity index (χ2v) is 5.84. The van der Waals surface area contributed by atoms with Crippen LogP contribution >= 0.6 is 11.6 Å². The number of hydrogen-bond donors (Lipinski definition) is 1. The Morgan fingerprint density at radius 1 is 1.21 bits per heavy atom. The molecule has 0 spiro atoms. The zero-order chi connectivity index (χ0) is 13.8. The average Bonchev–Trinajstić information content (AvgIpc) is 2.41. The molecule has 3 nitrogen and oxygen atoms in total. The second-order valence-electron chi connectivity index (χ2n) is 3.98. The molecule has 0 aliphatic carbocycles. The number of hydrogen-bond acceptors (Lipinski definition) is 3. The molecular formula is C14H11ClN2OS. The number of anilines is 1. The second kappa shape index (κ2) is 5.87. The number of rotatable bonds is 3. The van der Waals surface area contributed by atoms with Crippen LogP contribution in [0.1, 0.15) is 11.1 Å². The molecule has 2 aromatic rings. The maximum Gasteiger partial charge on any atom is 0.0992 e. The van der Waals surface area contributed by atoms with Crippen molar-refractivity contribution in [2.75, 3.05) is 5.73 Å². The first-order valence-corrected chi connectivity index (χ1v) is 7.22. The van der Waals surface area contributed by atoms with Gasteiger partial charge in [0.25, 0.3) is 0 Å². The summed E-state index contributed by atoms with van der Waals surface area (Å²) in [5.41, 5.74) is 7.47. The molecule has 2 N–H and O–H groups in total. The lowest BCUT2D eigenvalue weighted by atomic mass is 10.2. The first kappa shape index (κ1) is 13.6. The van der Waals surface area contributed by atoms with Gasteiger partial charge in [-0.15, -0.1) is 0 Å². The van der Waals surface area contributed by atoms with Gasteiger partial charge in [0.1, 0.15) is 0 Å². The Morgan fingerprint density at radius 2 is 1.89 bits per heavy atom. The molecule has 0 heterocycles. The molecule has 1 unspecified atom stereocenters. The topological polar surface area (TPSA) is 66.9 Å². The minimum absolute atomic E-state index is 0.314. The molecule has 96 valence electrons. The largest absolute Gasteiger partial charge is 0.399 e. The third kappa shape index (κ3) is 3.34. The van der Waals surface area contributed by atoms with E-state index in [2.05, 4.69) is 0 Å². The molecule has 0 aromatic heterocycles. The maximum atomic E-state index is 12.2. The number of nitriles is 1. The van der Waals surface area contributed by atoms with Crippen LogP contribution in [0.2, 0.25) is 5.02 Å². The van der Waals surface area contributed by atoms with E-state index in [1.165, 1.54) is 0 Å². The van der Waals surface area contributed by atoms with Crippen LogP contribution in [-0.2, 0) is 16.6 Å². The van der Waals surface area contributed by atoms with Crippen molar-refractivity contribution >= 4 is 28.1 Å². The number of halogens is 1. The SMILES string of the molecule is N#Cc1ccc(CS(=O)c2ccc(N)cc2)c(Cl)c1. The van der Waals surface area contributed by atoms with Crippen LogP contribution in [0.4, 0.5) is 5.69 Å². The van der Waals surface area contributed by atoms with Gasteiger partial charge in [-0.05, 0) is 42.0 Å². The zero-order valence-corrected chi connectivity index (χ0v) is 11.5. The van der Waals surface area contributed by atoms with Crippen LogP contribution in [0.25, 0.3) is 0 Å². The van der Waals surface area contributed by atoms with Crippen molar-refractivity contribution < 1.29 is 4.21 Å². The highest BCUT2D eigenvalue weighted by Crippen LogP contribution is 2.21. The maximum absolute atomic E-state index is 12.2. The van der Waals surface area contributed by atoms with E-state index in [0.29, 0.717) is 26.9 Å². The van der Waals surface area contributed by atoms with Crippen LogP contribution < -0.4 is 5.73 Å². The van der Waals surface area contributed by atoms with Crippen LogP contribution in [0.3, 0.4) is 0 Å². The standard InChI is InChI=1S/C14H11ClN2OS/c15-14-7-10(8-16)1-2-11(14)9-19(18)13-5-3-12(17)4-6-13/h1-7H,9,17H2. The van der Waals surface area contributed by atoms with Crippen LogP contribution in [0, 0.1) is 11.3 Å². The van der Waals surface area contributed by atoms with Gasteiger partial charge in [-0.25, -0.2) is 0 Å². The van der Waals surface area contributed by atoms with Crippen molar-refractivity contribution in [3.05, 3.63) is 58.6 Å². The highest BCUT2D eigenvalue weighted by Gasteiger charge is 2.08. The summed E-state index contributed by atoms with van der Waals surface area (Å²) in [7, 11) is -1.18. The third-order valence-corrected chi connectivity index (χ3v) is 4.33. The van der Waals surface area contributed by atoms with Crippen molar-refractivity contribution in [2.24, 2.45) is 0 Å². The highest BCUT2D eigenvalue weighted by atomic mass is 35.5. The zero-order valence-electron chi connectivity index (χ0n) is 9.97. The van der Waals surface area contributed by atoms with Crippen molar-refractivity contribution in [2.45, 2.75) is 10.6 Å². The average molecular weight is 291 g/mol. The molecule has 0 aliphatic heterocycles. The van der Waals surface area contributed by atoms with Crippen molar-refractivity contribution in [1.29, 1.82) is 5.26 Å². The summed E-state index contributed by atoms with van der Waals surface area (Å²) >= 11 is 6.06. The molecule has 1 atom stereocenters. The third-order valence-electron chi connectivity index (χ3n) is 2.61. The van der Waals surface area contributed by atoms with E-state index in [9.17, 15) is 4.21 Å². The Balaban J connectivity index is 2.20. The normalized spacial score (nSPS) is 11.8. The molecule has 0 saturated carbocycles. The number of benzene rings is 2. The Morgan fingerprint density at radius 3 is 2.47 bits per heavy atom. The lowest BCUT2D eigenvalue weighted by Gasteiger charge is -2.05. The molecule has 2 rings (SSSR count). The number of nitrogen functional groups attached to an aromatic ring is 1. The summed E-state index contributed by atoms with van der Waals surface area (Å²) in [6, 6.07) is 13.9. The molecule has 0 radical (unpaired) electrons. The molecule has 0 fully saturated rings. The van der Waals surface area contributed by atoms with Crippen molar-refractivity contribution in [3.63, 3.8) is 0 Å². The van der Waals surface area contributed by atoms with Crippen LogP contribution in [0.15, 0.2) is 47.4 Å². The van der Waals surface area contributed by atoms with Gasteiger partial charge in [0.2, 0.25) is 0 Å². The first-order chi connectivity index (χ1) is 9.10. The fourth-order valence-electron chi connectivity index (χ4n) is 1.58. The van der Waals surface area contributed by atoms with E-state index in [-0.39, 0.29) is 0 Å². The highest BCUT2D eigenvalue weighted by molar-refractivity contribution is 7.84. The van der Waals surface area contributed by atoms with Gasteiger partial charge < -0.3 is 5.73 Å². The lowest BCUT2D eigenvalue weighted by Crippen LogP contribution is -1.98. The predicted octanol–water partition coefficient (Wildman–Crippen LogP) is 3.10. The Labute approximate surface area is 119 Å². The molecule has 0 bridgehead atoms. The van der Waals surface area contributed by atoms with Gasteiger partial charge in [-0.2, -0.15) is 5.26 Å². The molecule has 0 aliphatic rings. The summed E-state index contributed by atoms with van der Waals surface area (Å²) in [4.78, 5) is 0.703. The van der Waals surface area contributed by atoms with E-state index < -0.39 is 10.8 Å². The minimum atomic E-state index is -1.18. The molecule has 19 heavy (non-hydrogen) atoms. The van der Waals surface area contributed by atoms with Crippen molar-refractivity contribution in [1.82, 2.24) is 0 Å². The Bertz CT molecular complexity index is 662. The summed E-state index contributed by atoms with van der Waals surface area (Å²) in [6.07, 6.45) is 0. The van der Waals surface area contributed by atoms with E-state index in [1.807, 2.05) is 6.07 Å². The predicted molar refractivity (Wildman–Crippen MR) is 77.1 cm³/mol. The van der Waals surface area contributed by atoms with E-state index >= 15 is 0 Å². The molecule has 0 saturated heterocycles. The van der Waals surface area contributed by atoms with Gasteiger partial charge >= 0.3 is 0 Å². The van der Waals surface area contributed by atoms with Gasteiger partial charge in [0, 0.05) is 15.6 Å². The summed E-state index contributed by atoms with van der Waals surface area (Å²) in [5.74, 6) is 0.314. The van der Waals surface area contributed by atoms with Gasteiger partial charge in [-0.3, -0.25) is 4.21 Å².